The molecule has 3 nitrogen and oxygen atoms in total. The van der Waals surface area contributed by atoms with Crippen LogP contribution in [0.5, 0.6) is 0 Å². The van der Waals surface area contributed by atoms with E-state index in [0.29, 0.717) is 0 Å². The summed E-state index contributed by atoms with van der Waals surface area (Å²) in [5, 5.41) is 0. The highest BCUT2D eigenvalue weighted by atomic mass is 19.2. The third kappa shape index (κ3) is 2.83. The molecule has 0 fully saturated rings. The molecule has 0 radical (unpaired) electrons. The van der Waals surface area contributed by atoms with Crippen molar-refractivity contribution in [2.24, 2.45) is 0 Å². The molecule has 0 aromatic heterocycles. The number of esters is 1. The van der Waals surface area contributed by atoms with Gasteiger partial charge in [0.25, 0.3) is 0 Å². The van der Waals surface area contributed by atoms with E-state index < -0.39 is 23.4 Å². The summed E-state index contributed by atoms with van der Waals surface area (Å²) in [7, 11) is 1.07. The Morgan fingerprint density at radius 2 is 1.93 bits per heavy atom. The molecule has 5 heteroatoms. The fourth-order valence-corrected chi connectivity index (χ4v) is 1.02. The minimum atomic E-state index is -1.05. The molecule has 0 aliphatic heterocycles. The van der Waals surface area contributed by atoms with Crippen LogP contribution < -0.4 is 0 Å². The second-order valence-corrected chi connectivity index (χ2v) is 2.84. The molecule has 0 atom stereocenters. The molecule has 0 N–H and O–H groups in total. The van der Waals surface area contributed by atoms with Gasteiger partial charge in [-0.2, -0.15) is 0 Å². The third-order valence-corrected chi connectivity index (χ3v) is 1.76. The summed E-state index contributed by atoms with van der Waals surface area (Å²) >= 11 is 0. The lowest BCUT2D eigenvalue weighted by molar-refractivity contribution is -0.151. The first kappa shape index (κ1) is 11.3. The molecule has 15 heavy (non-hydrogen) atoms. The van der Waals surface area contributed by atoms with Crippen LogP contribution in [0.25, 0.3) is 0 Å². The number of carbonyl (C=O) groups is 2. The Morgan fingerprint density at radius 3 is 2.47 bits per heavy atom. The number of halogens is 2. The number of rotatable bonds is 3. The van der Waals surface area contributed by atoms with Gasteiger partial charge in [-0.25, -0.2) is 13.6 Å². The first-order valence-corrected chi connectivity index (χ1v) is 4.09. The van der Waals surface area contributed by atoms with E-state index in [4.69, 9.17) is 0 Å². The van der Waals surface area contributed by atoms with Crippen molar-refractivity contribution < 1.29 is 23.1 Å². The van der Waals surface area contributed by atoms with Crippen LogP contribution in [0.3, 0.4) is 0 Å². The SMILES string of the molecule is COC(=O)C(=O)Cc1ccc(F)c(F)c1. The first-order chi connectivity index (χ1) is 7.04. The number of hydrogen-bond donors (Lipinski definition) is 0. The summed E-state index contributed by atoms with van der Waals surface area (Å²) in [6.45, 7) is 0. The first-order valence-electron chi connectivity index (χ1n) is 4.09. The van der Waals surface area contributed by atoms with Gasteiger partial charge >= 0.3 is 5.97 Å². The zero-order valence-electron chi connectivity index (χ0n) is 7.92. The number of ketones is 1. The standard InChI is InChI=1S/C10H8F2O3/c1-15-10(14)9(13)5-6-2-3-7(11)8(12)4-6/h2-4H,5H2,1H3. The number of ether oxygens (including phenoxy) is 1. The molecule has 0 bridgehead atoms. The van der Waals surface area contributed by atoms with Crippen LogP contribution in [0.15, 0.2) is 18.2 Å². The van der Waals surface area contributed by atoms with Gasteiger partial charge < -0.3 is 4.74 Å². The normalized spacial score (nSPS) is 9.80. The lowest BCUT2D eigenvalue weighted by atomic mass is 10.1. The third-order valence-electron chi connectivity index (χ3n) is 1.76. The van der Waals surface area contributed by atoms with Crippen molar-refractivity contribution in [1.29, 1.82) is 0 Å². The van der Waals surface area contributed by atoms with E-state index >= 15 is 0 Å². The number of carbonyl (C=O) groups excluding carboxylic acids is 2. The highest BCUT2D eigenvalue weighted by Gasteiger charge is 2.15. The van der Waals surface area contributed by atoms with Gasteiger partial charge in [-0.1, -0.05) is 6.07 Å². The van der Waals surface area contributed by atoms with E-state index in [1.54, 1.807) is 0 Å². The Hall–Kier alpha value is -1.78. The molecular weight excluding hydrogens is 206 g/mol. The predicted octanol–water partition coefficient (Wildman–Crippen LogP) is 1.25. The van der Waals surface area contributed by atoms with Gasteiger partial charge in [0.1, 0.15) is 0 Å². The zero-order valence-corrected chi connectivity index (χ0v) is 7.92. The van der Waals surface area contributed by atoms with Crippen LogP contribution in [0.1, 0.15) is 5.56 Å². The number of Topliss-reactive ketones (excluding diaryl/α,β-unsaturated/α-hetero) is 1. The van der Waals surface area contributed by atoms with Gasteiger partial charge in [0, 0.05) is 6.42 Å². The van der Waals surface area contributed by atoms with Crippen LogP contribution in [-0.2, 0) is 20.7 Å². The fourth-order valence-electron chi connectivity index (χ4n) is 1.02. The summed E-state index contributed by atoms with van der Waals surface area (Å²) in [6, 6.07) is 3.00. The maximum atomic E-state index is 12.7. The predicted molar refractivity (Wildman–Crippen MR) is 47.1 cm³/mol. The lowest BCUT2D eigenvalue weighted by Crippen LogP contribution is -2.17. The van der Waals surface area contributed by atoms with E-state index in [2.05, 4.69) is 4.74 Å². The fraction of sp³-hybridized carbons (Fsp3) is 0.200. The highest BCUT2D eigenvalue weighted by molar-refractivity contribution is 6.34. The molecule has 1 aromatic carbocycles. The summed E-state index contributed by atoms with van der Waals surface area (Å²) < 4.78 is 29.4. The lowest BCUT2D eigenvalue weighted by Gasteiger charge is -2.00. The summed E-state index contributed by atoms with van der Waals surface area (Å²) in [4.78, 5) is 21.8. The Labute approximate surface area is 84.7 Å². The van der Waals surface area contributed by atoms with Crippen molar-refractivity contribution in [3.8, 4) is 0 Å². The van der Waals surface area contributed by atoms with E-state index in [0.717, 1.165) is 19.2 Å². The average molecular weight is 214 g/mol. The molecule has 80 valence electrons. The minimum absolute atomic E-state index is 0.226. The van der Waals surface area contributed by atoms with Gasteiger partial charge in [0.2, 0.25) is 5.78 Å². The summed E-state index contributed by atoms with van der Waals surface area (Å²) in [5.41, 5.74) is 0.226. The maximum absolute atomic E-state index is 12.7. The van der Waals surface area contributed by atoms with Gasteiger partial charge in [0.05, 0.1) is 7.11 Å². The van der Waals surface area contributed by atoms with E-state index in [1.807, 2.05) is 0 Å². The van der Waals surface area contributed by atoms with E-state index in [1.165, 1.54) is 6.07 Å². The molecule has 0 amide bonds. The van der Waals surface area contributed by atoms with Gasteiger partial charge in [-0.05, 0) is 17.7 Å². The molecule has 0 aliphatic carbocycles. The zero-order chi connectivity index (χ0) is 11.4. The summed E-state index contributed by atoms with van der Waals surface area (Å²) in [6.07, 6.45) is -0.302. The Morgan fingerprint density at radius 1 is 1.27 bits per heavy atom. The van der Waals surface area contributed by atoms with Crippen molar-refractivity contribution in [3.63, 3.8) is 0 Å². The summed E-state index contributed by atoms with van der Waals surface area (Å²) in [5.74, 6) is -3.85. The Balaban J connectivity index is 2.77. The number of methoxy groups -OCH3 is 1. The molecule has 0 aliphatic rings. The molecule has 1 aromatic rings. The van der Waals surface area contributed by atoms with Crippen LogP contribution in [0.2, 0.25) is 0 Å². The molecule has 0 saturated carbocycles. The van der Waals surface area contributed by atoms with Crippen molar-refractivity contribution in [1.82, 2.24) is 0 Å². The van der Waals surface area contributed by atoms with E-state index in [-0.39, 0.29) is 12.0 Å². The highest BCUT2D eigenvalue weighted by Crippen LogP contribution is 2.09. The van der Waals surface area contributed by atoms with Crippen LogP contribution >= 0.6 is 0 Å². The van der Waals surface area contributed by atoms with Crippen molar-refractivity contribution in [3.05, 3.63) is 35.4 Å². The molecular formula is C10H8F2O3. The largest absolute Gasteiger partial charge is 0.463 e. The molecule has 0 heterocycles. The van der Waals surface area contributed by atoms with Gasteiger partial charge in [0.15, 0.2) is 11.6 Å². The Bertz CT molecular complexity index is 402. The van der Waals surface area contributed by atoms with Gasteiger partial charge in [-0.15, -0.1) is 0 Å². The number of hydrogen-bond acceptors (Lipinski definition) is 3. The topological polar surface area (TPSA) is 43.4 Å². The molecule has 0 spiro atoms. The quantitative estimate of drug-likeness (QED) is 0.561. The van der Waals surface area contributed by atoms with Crippen LogP contribution in [0.4, 0.5) is 8.78 Å². The number of benzene rings is 1. The monoisotopic (exact) mass is 214 g/mol. The second kappa shape index (κ2) is 4.63. The smallest absolute Gasteiger partial charge is 0.374 e. The van der Waals surface area contributed by atoms with Crippen molar-refractivity contribution in [2.75, 3.05) is 7.11 Å². The van der Waals surface area contributed by atoms with Crippen molar-refractivity contribution in [2.45, 2.75) is 6.42 Å². The maximum Gasteiger partial charge on any atom is 0.374 e. The Kier molecular flexibility index (Phi) is 3.49. The second-order valence-electron chi connectivity index (χ2n) is 2.84. The molecule has 0 saturated heterocycles. The molecule has 1 rings (SSSR count). The minimum Gasteiger partial charge on any atom is -0.463 e. The van der Waals surface area contributed by atoms with Crippen LogP contribution in [-0.4, -0.2) is 18.9 Å². The van der Waals surface area contributed by atoms with Crippen LogP contribution in [0, 0.1) is 11.6 Å². The van der Waals surface area contributed by atoms with Crippen molar-refractivity contribution >= 4 is 11.8 Å². The van der Waals surface area contributed by atoms with E-state index in [9.17, 15) is 18.4 Å². The molecule has 0 unspecified atom stereocenters. The average Bonchev–Trinajstić information content (AvgIpc) is 2.22. The van der Waals surface area contributed by atoms with Gasteiger partial charge in [-0.3, -0.25) is 4.79 Å².